The molecule has 1 fully saturated rings. The number of benzene rings is 1. The number of rotatable bonds is 5. The largest absolute Gasteiger partial charge is 0.360 e. The molecule has 2 heterocycles. The maximum Gasteiger partial charge on any atom is 0.259 e. The van der Waals surface area contributed by atoms with E-state index in [-0.39, 0.29) is 17.7 Å². The zero-order chi connectivity index (χ0) is 21.1. The number of hydrogen-bond donors (Lipinski definition) is 1. The van der Waals surface area contributed by atoms with Crippen molar-refractivity contribution >= 4 is 17.5 Å². The van der Waals surface area contributed by atoms with E-state index < -0.39 is 0 Å². The van der Waals surface area contributed by atoms with Gasteiger partial charge < -0.3 is 14.7 Å². The quantitative estimate of drug-likeness (QED) is 0.837. The van der Waals surface area contributed by atoms with Crippen molar-refractivity contribution in [1.29, 1.82) is 0 Å². The summed E-state index contributed by atoms with van der Waals surface area (Å²) < 4.78 is 5.36. The highest BCUT2D eigenvalue weighted by atomic mass is 16.5. The number of piperazine rings is 1. The SMILES string of the molecule is Cc1cccc(NC(=O)CN2CCN(C(=O)c3c(C)noc3C(C)C)CC2)c1C. The molecule has 0 spiro atoms. The molecule has 0 bridgehead atoms. The van der Waals surface area contributed by atoms with E-state index in [9.17, 15) is 9.59 Å². The predicted octanol–water partition coefficient (Wildman–Crippen LogP) is 3.12. The van der Waals surface area contributed by atoms with Crippen LogP contribution in [0.25, 0.3) is 0 Å². The van der Waals surface area contributed by atoms with Gasteiger partial charge in [-0.15, -0.1) is 0 Å². The number of amides is 2. The summed E-state index contributed by atoms with van der Waals surface area (Å²) in [5.74, 6) is 0.676. The third kappa shape index (κ3) is 4.67. The van der Waals surface area contributed by atoms with Crippen LogP contribution in [0.4, 0.5) is 5.69 Å². The van der Waals surface area contributed by atoms with Gasteiger partial charge in [0.25, 0.3) is 5.91 Å². The number of aryl methyl sites for hydroxylation is 2. The van der Waals surface area contributed by atoms with Crippen molar-refractivity contribution < 1.29 is 14.1 Å². The van der Waals surface area contributed by atoms with E-state index >= 15 is 0 Å². The van der Waals surface area contributed by atoms with Crippen LogP contribution >= 0.6 is 0 Å². The second-order valence-corrected chi connectivity index (χ2v) is 8.03. The van der Waals surface area contributed by atoms with Crippen LogP contribution < -0.4 is 5.32 Å². The monoisotopic (exact) mass is 398 g/mol. The van der Waals surface area contributed by atoms with E-state index in [1.165, 1.54) is 0 Å². The number of carbonyl (C=O) groups excluding carboxylic acids is 2. The lowest BCUT2D eigenvalue weighted by Crippen LogP contribution is -2.50. The number of nitrogens with zero attached hydrogens (tertiary/aromatic N) is 3. The first-order chi connectivity index (χ1) is 13.8. The lowest BCUT2D eigenvalue weighted by Gasteiger charge is -2.34. The van der Waals surface area contributed by atoms with Gasteiger partial charge in [0.2, 0.25) is 5.91 Å². The standard InChI is InChI=1S/C22H30N4O3/c1-14(2)21-20(17(5)24-29-21)22(28)26-11-9-25(10-12-26)13-19(27)23-18-8-6-7-15(3)16(18)4/h6-8,14H,9-13H2,1-5H3,(H,23,27). The molecule has 3 rings (SSSR count). The van der Waals surface area contributed by atoms with Crippen LogP contribution in [-0.4, -0.2) is 59.5 Å². The molecule has 1 saturated heterocycles. The first kappa shape index (κ1) is 21.0. The maximum absolute atomic E-state index is 13.0. The summed E-state index contributed by atoms with van der Waals surface area (Å²) in [7, 11) is 0. The van der Waals surface area contributed by atoms with Crippen molar-refractivity contribution in [2.24, 2.45) is 0 Å². The van der Waals surface area contributed by atoms with E-state index in [0.717, 1.165) is 16.8 Å². The van der Waals surface area contributed by atoms with E-state index in [1.807, 2.05) is 50.8 Å². The zero-order valence-electron chi connectivity index (χ0n) is 17.9. The first-order valence-electron chi connectivity index (χ1n) is 10.1. The molecule has 7 heteroatoms. The van der Waals surface area contributed by atoms with Gasteiger partial charge in [0.05, 0.1) is 12.2 Å². The van der Waals surface area contributed by atoms with Gasteiger partial charge in [-0.05, 0) is 38.0 Å². The number of hydrogen-bond acceptors (Lipinski definition) is 5. The molecule has 2 aromatic rings. The van der Waals surface area contributed by atoms with Crippen molar-refractivity contribution in [1.82, 2.24) is 15.0 Å². The Morgan fingerprint density at radius 3 is 2.48 bits per heavy atom. The summed E-state index contributed by atoms with van der Waals surface area (Å²) in [6.07, 6.45) is 0. The Balaban J connectivity index is 1.55. The maximum atomic E-state index is 13.0. The van der Waals surface area contributed by atoms with Gasteiger partial charge in [-0.25, -0.2) is 0 Å². The fourth-order valence-corrected chi connectivity index (χ4v) is 3.59. The topological polar surface area (TPSA) is 78.7 Å². The minimum atomic E-state index is -0.0352. The highest BCUT2D eigenvalue weighted by Crippen LogP contribution is 2.24. The Labute approximate surface area is 172 Å². The number of anilines is 1. The molecular weight excluding hydrogens is 368 g/mol. The van der Waals surface area contributed by atoms with Gasteiger partial charge in [-0.3, -0.25) is 14.5 Å². The lowest BCUT2D eigenvalue weighted by molar-refractivity contribution is -0.117. The Morgan fingerprint density at radius 2 is 1.83 bits per heavy atom. The van der Waals surface area contributed by atoms with Crippen molar-refractivity contribution in [3.63, 3.8) is 0 Å². The van der Waals surface area contributed by atoms with Crippen LogP contribution in [0.5, 0.6) is 0 Å². The van der Waals surface area contributed by atoms with Crippen molar-refractivity contribution in [3.05, 3.63) is 46.3 Å². The fourth-order valence-electron chi connectivity index (χ4n) is 3.59. The minimum absolute atomic E-state index is 0.0320. The summed E-state index contributed by atoms with van der Waals surface area (Å²) >= 11 is 0. The molecular formula is C22H30N4O3. The summed E-state index contributed by atoms with van der Waals surface area (Å²) in [6.45, 7) is 12.6. The second-order valence-electron chi connectivity index (χ2n) is 8.03. The van der Waals surface area contributed by atoms with E-state index in [4.69, 9.17) is 4.52 Å². The minimum Gasteiger partial charge on any atom is -0.360 e. The molecule has 2 amide bonds. The van der Waals surface area contributed by atoms with Gasteiger partial charge >= 0.3 is 0 Å². The van der Waals surface area contributed by atoms with Gasteiger partial charge in [0, 0.05) is 37.8 Å². The molecule has 0 aliphatic carbocycles. The average molecular weight is 399 g/mol. The molecule has 1 aromatic carbocycles. The molecule has 156 valence electrons. The summed E-state index contributed by atoms with van der Waals surface area (Å²) in [4.78, 5) is 29.3. The highest BCUT2D eigenvalue weighted by molar-refractivity contribution is 5.96. The van der Waals surface area contributed by atoms with Gasteiger partial charge in [0.15, 0.2) is 5.76 Å². The molecule has 1 aliphatic rings. The van der Waals surface area contributed by atoms with Crippen LogP contribution in [0.3, 0.4) is 0 Å². The molecule has 1 aliphatic heterocycles. The van der Waals surface area contributed by atoms with Gasteiger partial charge in [-0.1, -0.05) is 31.1 Å². The van der Waals surface area contributed by atoms with Crippen LogP contribution in [-0.2, 0) is 4.79 Å². The second kappa shape index (κ2) is 8.78. The lowest BCUT2D eigenvalue weighted by atomic mass is 10.0. The Morgan fingerprint density at radius 1 is 1.14 bits per heavy atom. The van der Waals surface area contributed by atoms with E-state index in [2.05, 4.69) is 15.4 Å². The van der Waals surface area contributed by atoms with Crippen molar-refractivity contribution in [2.45, 2.75) is 40.5 Å². The zero-order valence-corrected chi connectivity index (χ0v) is 17.9. The molecule has 7 nitrogen and oxygen atoms in total. The number of aromatic nitrogens is 1. The third-order valence-corrected chi connectivity index (χ3v) is 5.53. The first-order valence-corrected chi connectivity index (χ1v) is 10.1. The van der Waals surface area contributed by atoms with Crippen LogP contribution in [0.2, 0.25) is 0 Å². The molecule has 0 radical (unpaired) electrons. The number of nitrogens with one attached hydrogen (secondary N) is 1. The summed E-state index contributed by atoms with van der Waals surface area (Å²) in [5.41, 5.74) is 4.31. The van der Waals surface area contributed by atoms with Crippen LogP contribution in [0, 0.1) is 20.8 Å². The molecule has 0 atom stereocenters. The van der Waals surface area contributed by atoms with E-state index in [1.54, 1.807) is 6.92 Å². The number of carbonyl (C=O) groups is 2. The van der Waals surface area contributed by atoms with Crippen molar-refractivity contribution in [2.75, 3.05) is 38.0 Å². The summed E-state index contributed by atoms with van der Waals surface area (Å²) in [6, 6.07) is 5.90. The predicted molar refractivity (Wildman–Crippen MR) is 112 cm³/mol. The summed E-state index contributed by atoms with van der Waals surface area (Å²) in [5, 5.41) is 6.98. The smallest absolute Gasteiger partial charge is 0.259 e. The normalized spacial score (nSPS) is 15.0. The highest BCUT2D eigenvalue weighted by Gasteiger charge is 2.29. The molecule has 1 aromatic heterocycles. The Hall–Kier alpha value is -2.67. The van der Waals surface area contributed by atoms with E-state index in [0.29, 0.717) is 49.7 Å². The van der Waals surface area contributed by atoms with Crippen LogP contribution in [0.15, 0.2) is 22.7 Å². The molecule has 0 unspecified atom stereocenters. The molecule has 0 saturated carbocycles. The average Bonchev–Trinajstić information content (AvgIpc) is 3.07. The fraction of sp³-hybridized carbons (Fsp3) is 0.500. The van der Waals surface area contributed by atoms with Gasteiger partial charge in [-0.2, -0.15) is 0 Å². The van der Waals surface area contributed by atoms with Gasteiger partial charge in [0.1, 0.15) is 5.56 Å². The Bertz CT molecular complexity index is 895. The molecule has 29 heavy (non-hydrogen) atoms. The third-order valence-electron chi connectivity index (χ3n) is 5.53. The molecule has 1 N–H and O–H groups in total. The Kier molecular flexibility index (Phi) is 6.37. The van der Waals surface area contributed by atoms with Crippen LogP contribution in [0.1, 0.15) is 52.7 Å². The van der Waals surface area contributed by atoms with Crippen molar-refractivity contribution in [3.8, 4) is 0 Å².